The van der Waals surface area contributed by atoms with Crippen LogP contribution in [0.2, 0.25) is 0 Å². The van der Waals surface area contributed by atoms with Crippen molar-refractivity contribution in [1.82, 2.24) is 0 Å². The average Bonchev–Trinajstić information content (AvgIpc) is 2.36. The number of anilines is 1. The highest BCUT2D eigenvalue weighted by molar-refractivity contribution is 9.10. The van der Waals surface area contributed by atoms with Crippen LogP contribution in [0.1, 0.15) is 5.56 Å². The van der Waals surface area contributed by atoms with Crippen molar-refractivity contribution in [3.05, 3.63) is 62.8 Å². The Morgan fingerprint density at radius 3 is 2.43 bits per heavy atom. The molecule has 0 fully saturated rings. The second kappa shape index (κ2) is 6.46. The van der Waals surface area contributed by atoms with Gasteiger partial charge in [-0.25, -0.2) is 12.8 Å². The lowest BCUT2D eigenvalue weighted by Gasteiger charge is -2.23. The Balaban J connectivity index is 2.43. The van der Waals surface area contributed by atoms with Gasteiger partial charge in [0.25, 0.3) is 0 Å². The van der Waals surface area contributed by atoms with Crippen molar-refractivity contribution >= 4 is 47.6 Å². The van der Waals surface area contributed by atoms with Crippen LogP contribution in [-0.4, -0.2) is 14.7 Å². The summed E-state index contributed by atoms with van der Waals surface area (Å²) < 4.78 is 39.8. The Morgan fingerprint density at radius 2 is 1.86 bits per heavy atom. The molecule has 2 rings (SSSR count). The van der Waals surface area contributed by atoms with Gasteiger partial charge in [0, 0.05) is 8.95 Å². The first kappa shape index (κ1) is 16.5. The molecule has 0 heterocycles. The van der Waals surface area contributed by atoms with E-state index in [1.54, 1.807) is 24.3 Å². The third-order valence-electron chi connectivity index (χ3n) is 2.83. The highest BCUT2D eigenvalue weighted by Gasteiger charge is 2.19. The fourth-order valence-electron chi connectivity index (χ4n) is 1.84. The van der Waals surface area contributed by atoms with Crippen LogP contribution >= 0.6 is 31.9 Å². The first-order valence-electron chi connectivity index (χ1n) is 5.94. The topological polar surface area (TPSA) is 37.4 Å². The van der Waals surface area contributed by atoms with Gasteiger partial charge in [-0.3, -0.25) is 4.31 Å². The van der Waals surface area contributed by atoms with Gasteiger partial charge in [-0.15, -0.1) is 0 Å². The van der Waals surface area contributed by atoms with Crippen molar-refractivity contribution < 1.29 is 12.8 Å². The maximum atomic E-state index is 13.1. The van der Waals surface area contributed by atoms with Gasteiger partial charge in [0.2, 0.25) is 10.0 Å². The summed E-state index contributed by atoms with van der Waals surface area (Å²) >= 11 is 6.58. The molecule has 0 aliphatic carbocycles. The number of hydrogen-bond acceptors (Lipinski definition) is 2. The van der Waals surface area contributed by atoms with Crippen LogP contribution in [0.25, 0.3) is 0 Å². The third-order valence-corrected chi connectivity index (χ3v) is 5.20. The second-order valence-corrected chi connectivity index (χ2v) is 8.16. The molecule has 0 aromatic heterocycles. The van der Waals surface area contributed by atoms with E-state index in [9.17, 15) is 12.8 Å². The lowest BCUT2D eigenvalue weighted by Crippen LogP contribution is -2.29. The van der Waals surface area contributed by atoms with Gasteiger partial charge in [0.05, 0.1) is 18.5 Å². The highest BCUT2D eigenvalue weighted by Crippen LogP contribution is 2.27. The zero-order valence-corrected chi connectivity index (χ0v) is 15.0. The predicted molar refractivity (Wildman–Crippen MR) is 89.3 cm³/mol. The molecule has 0 aliphatic rings. The smallest absolute Gasteiger partial charge is 0.232 e. The van der Waals surface area contributed by atoms with Crippen LogP contribution in [0.3, 0.4) is 0 Å². The van der Waals surface area contributed by atoms with Gasteiger partial charge in [-0.05, 0) is 35.9 Å². The number of nitrogens with zero attached hydrogens (tertiary/aromatic N) is 1. The van der Waals surface area contributed by atoms with Crippen molar-refractivity contribution in [3.63, 3.8) is 0 Å². The summed E-state index contributed by atoms with van der Waals surface area (Å²) in [6, 6.07) is 11.2. The minimum Gasteiger partial charge on any atom is -0.266 e. The molecule has 2 aromatic rings. The van der Waals surface area contributed by atoms with E-state index in [4.69, 9.17) is 0 Å². The molecule has 0 saturated carbocycles. The van der Waals surface area contributed by atoms with Gasteiger partial charge < -0.3 is 0 Å². The van der Waals surface area contributed by atoms with Crippen LogP contribution in [0.15, 0.2) is 51.4 Å². The molecule has 0 amide bonds. The lowest BCUT2D eigenvalue weighted by atomic mass is 10.2. The summed E-state index contributed by atoms with van der Waals surface area (Å²) in [5, 5.41) is 0. The van der Waals surface area contributed by atoms with Crippen LogP contribution < -0.4 is 4.31 Å². The maximum absolute atomic E-state index is 13.1. The number of rotatable bonds is 4. The van der Waals surface area contributed by atoms with Gasteiger partial charge >= 0.3 is 0 Å². The molecule has 0 N–H and O–H groups in total. The fourth-order valence-corrected chi connectivity index (χ4v) is 3.57. The van der Waals surface area contributed by atoms with E-state index in [0.29, 0.717) is 15.7 Å². The summed E-state index contributed by atoms with van der Waals surface area (Å²) in [5.41, 5.74) is 1.23. The van der Waals surface area contributed by atoms with Crippen molar-refractivity contribution in [1.29, 1.82) is 0 Å². The largest absolute Gasteiger partial charge is 0.266 e. The summed E-state index contributed by atoms with van der Waals surface area (Å²) in [7, 11) is -3.46. The first-order valence-corrected chi connectivity index (χ1v) is 9.38. The van der Waals surface area contributed by atoms with E-state index in [1.807, 2.05) is 6.07 Å². The quantitative estimate of drug-likeness (QED) is 0.715. The molecule has 112 valence electrons. The first-order chi connectivity index (χ1) is 9.77. The van der Waals surface area contributed by atoms with Crippen molar-refractivity contribution in [2.24, 2.45) is 0 Å². The SMILES string of the molecule is CS(=O)(=O)N(Cc1ccc(F)cc1Br)c1cccc(Br)c1. The molecule has 0 atom stereocenters. The minimum atomic E-state index is -3.46. The van der Waals surface area contributed by atoms with E-state index in [0.717, 1.165) is 10.7 Å². The van der Waals surface area contributed by atoms with Crippen molar-refractivity contribution in [2.75, 3.05) is 10.6 Å². The Hall–Kier alpha value is -0.920. The molecule has 0 aliphatic heterocycles. The van der Waals surface area contributed by atoms with Crippen LogP contribution in [0.5, 0.6) is 0 Å². The van der Waals surface area contributed by atoms with E-state index < -0.39 is 10.0 Å². The van der Waals surface area contributed by atoms with E-state index in [1.165, 1.54) is 16.4 Å². The minimum absolute atomic E-state index is 0.121. The third kappa shape index (κ3) is 4.28. The Kier molecular flexibility index (Phi) is 5.06. The standard InChI is InChI=1S/C14H12Br2FNO2S/c1-21(19,20)18(13-4-2-3-11(15)7-13)9-10-5-6-12(17)8-14(10)16/h2-8H,9H2,1H3. The van der Waals surface area contributed by atoms with Gasteiger partial charge in [-0.2, -0.15) is 0 Å². The van der Waals surface area contributed by atoms with Crippen LogP contribution in [-0.2, 0) is 16.6 Å². The molecule has 3 nitrogen and oxygen atoms in total. The zero-order chi connectivity index (χ0) is 15.6. The predicted octanol–water partition coefficient (Wildman–Crippen LogP) is 4.32. The number of benzene rings is 2. The summed E-state index contributed by atoms with van der Waals surface area (Å²) in [6.07, 6.45) is 1.14. The number of halogens is 3. The number of hydrogen-bond donors (Lipinski definition) is 0. The van der Waals surface area contributed by atoms with E-state index >= 15 is 0 Å². The summed E-state index contributed by atoms with van der Waals surface area (Å²) in [4.78, 5) is 0. The van der Waals surface area contributed by atoms with Crippen LogP contribution in [0.4, 0.5) is 10.1 Å². The number of sulfonamides is 1. The summed E-state index contributed by atoms with van der Waals surface area (Å²) in [6.45, 7) is 0.121. The second-order valence-electron chi connectivity index (χ2n) is 4.49. The molecule has 0 unspecified atom stereocenters. The average molecular weight is 437 g/mol. The normalized spacial score (nSPS) is 11.4. The zero-order valence-electron chi connectivity index (χ0n) is 11.1. The van der Waals surface area contributed by atoms with Gasteiger partial charge in [0.15, 0.2) is 0 Å². The Morgan fingerprint density at radius 1 is 1.14 bits per heavy atom. The highest BCUT2D eigenvalue weighted by atomic mass is 79.9. The molecule has 2 aromatic carbocycles. The van der Waals surface area contributed by atoms with E-state index in [2.05, 4.69) is 31.9 Å². The monoisotopic (exact) mass is 435 g/mol. The molecule has 21 heavy (non-hydrogen) atoms. The Bertz CT molecular complexity index is 765. The summed E-state index contributed by atoms with van der Waals surface area (Å²) in [5.74, 6) is -0.376. The molecular weight excluding hydrogens is 425 g/mol. The lowest BCUT2D eigenvalue weighted by molar-refractivity contribution is 0.596. The molecule has 0 bridgehead atoms. The molecule has 0 radical (unpaired) electrons. The van der Waals surface area contributed by atoms with Crippen molar-refractivity contribution in [3.8, 4) is 0 Å². The fraction of sp³-hybridized carbons (Fsp3) is 0.143. The van der Waals surface area contributed by atoms with E-state index in [-0.39, 0.29) is 12.4 Å². The van der Waals surface area contributed by atoms with Gasteiger partial charge in [-0.1, -0.05) is 44.0 Å². The molecular formula is C14H12Br2FNO2S. The maximum Gasteiger partial charge on any atom is 0.232 e. The molecule has 7 heteroatoms. The molecule has 0 spiro atoms. The van der Waals surface area contributed by atoms with Crippen molar-refractivity contribution in [2.45, 2.75) is 6.54 Å². The Labute approximate surface area is 140 Å². The van der Waals surface area contributed by atoms with Crippen LogP contribution in [0, 0.1) is 5.82 Å². The van der Waals surface area contributed by atoms with Gasteiger partial charge in [0.1, 0.15) is 5.82 Å². The molecule has 0 saturated heterocycles.